The lowest BCUT2D eigenvalue weighted by Gasteiger charge is -2.06. The second kappa shape index (κ2) is 6.23. The zero-order valence-electron chi connectivity index (χ0n) is 9.85. The van der Waals surface area contributed by atoms with Crippen LogP contribution in [0.25, 0.3) is 0 Å². The number of thioether (sulfide) groups is 1. The largest absolute Gasteiger partial charge is 0.322 e. The molecule has 98 valence electrons. The number of carbonyl (C=O) groups excluding carboxylic acids is 1. The number of hydrogen-bond donors (Lipinski definition) is 1. The van der Waals surface area contributed by atoms with Gasteiger partial charge in [0.25, 0.3) is 5.91 Å². The predicted molar refractivity (Wildman–Crippen MR) is 78.2 cm³/mol. The summed E-state index contributed by atoms with van der Waals surface area (Å²) in [5.74, 6) is -0.375. The minimum atomic E-state index is -0.375. The molecule has 4 nitrogen and oxygen atoms in total. The molecule has 2 aromatic rings. The Bertz CT molecular complexity index is 622. The number of nitrogens with one attached hydrogen (secondary N) is 1. The Morgan fingerprint density at radius 1 is 1.37 bits per heavy atom. The van der Waals surface area contributed by atoms with Gasteiger partial charge in [-0.05, 0) is 24.5 Å². The molecule has 19 heavy (non-hydrogen) atoms. The molecule has 0 saturated heterocycles. The summed E-state index contributed by atoms with van der Waals surface area (Å²) in [6.07, 6.45) is 3.23. The molecule has 0 fully saturated rings. The molecule has 0 aliphatic heterocycles. The summed E-state index contributed by atoms with van der Waals surface area (Å²) < 4.78 is 0. The average Bonchev–Trinajstić information content (AvgIpc) is 2.38. The van der Waals surface area contributed by atoms with Crippen LogP contribution in [0.3, 0.4) is 0 Å². The molecule has 2 rings (SSSR count). The first-order valence-corrected chi connectivity index (χ1v) is 7.21. The molecule has 0 unspecified atom stereocenters. The van der Waals surface area contributed by atoms with Gasteiger partial charge in [0.15, 0.2) is 5.16 Å². The van der Waals surface area contributed by atoms with Gasteiger partial charge in [0, 0.05) is 16.9 Å². The number of nitrogens with zero attached hydrogens (tertiary/aromatic N) is 2. The normalized spacial score (nSPS) is 10.3. The number of rotatable bonds is 3. The summed E-state index contributed by atoms with van der Waals surface area (Å²) in [5.41, 5.74) is 0.807. The number of hydrogen-bond acceptors (Lipinski definition) is 4. The molecule has 0 bridgehead atoms. The SMILES string of the molecule is CSc1ncc(C(=O)Nc2cccc(Cl)c2)c(Cl)n1. The highest BCUT2D eigenvalue weighted by atomic mass is 35.5. The molecule has 7 heteroatoms. The summed E-state index contributed by atoms with van der Waals surface area (Å²) in [7, 11) is 0. The summed E-state index contributed by atoms with van der Waals surface area (Å²) in [6, 6.07) is 6.84. The molecule has 0 atom stereocenters. The van der Waals surface area contributed by atoms with Crippen molar-refractivity contribution in [1.29, 1.82) is 0 Å². The van der Waals surface area contributed by atoms with Crippen molar-refractivity contribution >= 4 is 46.6 Å². The Kier molecular flexibility index (Phi) is 4.63. The Hall–Kier alpha value is -1.30. The summed E-state index contributed by atoms with van der Waals surface area (Å²) >= 11 is 13.1. The highest BCUT2D eigenvalue weighted by Crippen LogP contribution is 2.19. The zero-order chi connectivity index (χ0) is 13.8. The molecule has 1 aromatic carbocycles. The van der Waals surface area contributed by atoms with Crippen molar-refractivity contribution in [1.82, 2.24) is 9.97 Å². The van der Waals surface area contributed by atoms with Crippen LogP contribution in [0.5, 0.6) is 0 Å². The second-order valence-corrected chi connectivity index (χ2v) is 5.09. The van der Waals surface area contributed by atoms with Gasteiger partial charge in [0.2, 0.25) is 0 Å². The third kappa shape index (κ3) is 3.59. The van der Waals surface area contributed by atoms with Crippen molar-refractivity contribution in [2.75, 3.05) is 11.6 Å². The average molecular weight is 314 g/mol. The molecule has 0 radical (unpaired) electrons. The van der Waals surface area contributed by atoms with Gasteiger partial charge < -0.3 is 5.32 Å². The van der Waals surface area contributed by atoms with Crippen LogP contribution in [-0.2, 0) is 0 Å². The highest BCUT2D eigenvalue weighted by Gasteiger charge is 2.13. The number of halogens is 2. The van der Waals surface area contributed by atoms with Crippen LogP contribution in [0.2, 0.25) is 10.2 Å². The van der Waals surface area contributed by atoms with Gasteiger partial charge in [0.1, 0.15) is 5.15 Å². The van der Waals surface area contributed by atoms with Crippen molar-refractivity contribution in [3.05, 3.63) is 46.2 Å². The molecule has 0 aliphatic carbocycles. The van der Waals surface area contributed by atoms with Crippen LogP contribution in [0, 0.1) is 0 Å². The highest BCUT2D eigenvalue weighted by molar-refractivity contribution is 7.98. The molecule has 0 aliphatic rings. The van der Waals surface area contributed by atoms with Gasteiger partial charge in [-0.1, -0.05) is 41.0 Å². The van der Waals surface area contributed by atoms with E-state index >= 15 is 0 Å². The first kappa shape index (κ1) is 14.1. The van der Waals surface area contributed by atoms with Gasteiger partial charge in [-0.25, -0.2) is 9.97 Å². The number of benzene rings is 1. The Morgan fingerprint density at radius 2 is 2.16 bits per heavy atom. The lowest BCUT2D eigenvalue weighted by Crippen LogP contribution is -2.13. The van der Waals surface area contributed by atoms with Gasteiger partial charge in [-0.2, -0.15) is 0 Å². The molecule has 0 saturated carbocycles. The van der Waals surface area contributed by atoms with Crippen LogP contribution in [0.15, 0.2) is 35.6 Å². The van der Waals surface area contributed by atoms with E-state index in [9.17, 15) is 4.79 Å². The summed E-state index contributed by atoms with van der Waals surface area (Å²) in [6.45, 7) is 0. The smallest absolute Gasteiger partial charge is 0.260 e. The van der Waals surface area contributed by atoms with E-state index in [1.54, 1.807) is 24.3 Å². The summed E-state index contributed by atoms with van der Waals surface area (Å²) in [5, 5.41) is 3.86. The zero-order valence-corrected chi connectivity index (χ0v) is 12.2. The standard InChI is InChI=1S/C12H9Cl2N3OS/c1-19-12-15-6-9(10(14)17-12)11(18)16-8-4-2-3-7(13)5-8/h2-6H,1H3,(H,16,18). The van der Waals surface area contributed by atoms with Crippen molar-refractivity contribution < 1.29 is 4.79 Å². The number of amides is 1. The second-order valence-electron chi connectivity index (χ2n) is 3.53. The van der Waals surface area contributed by atoms with Crippen molar-refractivity contribution in [2.24, 2.45) is 0 Å². The van der Waals surface area contributed by atoms with Crippen LogP contribution in [0.1, 0.15) is 10.4 Å². The molecule has 1 aromatic heterocycles. The molecule has 1 heterocycles. The molecule has 0 spiro atoms. The van der Waals surface area contributed by atoms with Crippen LogP contribution < -0.4 is 5.32 Å². The quantitative estimate of drug-likeness (QED) is 0.532. The topological polar surface area (TPSA) is 54.9 Å². The maximum absolute atomic E-state index is 12.0. The minimum absolute atomic E-state index is 0.124. The maximum Gasteiger partial charge on any atom is 0.260 e. The number of aromatic nitrogens is 2. The van der Waals surface area contributed by atoms with Gasteiger partial charge in [0.05, 0.1) is 5.56 Å². The van der Waals surface area contributed by atoms with E-state index in [1.807, 2.05) is 6.26 Å². The molecule has 1 N–H and O–H groups in total. The Morgan fingerprint density at radius 3 is 2.79 bits per heavy atom. The van der Waals surface area contributed by atoms with Gasteiger partial charge >= 0.3 is 0 Å². The fraction of sp³-hybridized carbons (Fsp3) is 0.0833. The van der Waals surface area contributed by atoms with E-state index in [2.05, 4.69) is 15.3 Å². The van der Waals surface area contributed by atoms with E-state index in [-0.39, 0.29) is 16.6 Å². The number of anilines is 1. The lowest BCUT2D eigenvalue weighted by molar-refractivity contribution is 0.102. The predicted octanol–water partition coefficient (Wildman–Crippen LogP) is 3.76. The number of carbonyl (C=O) groups is 1. The third-order valence-corrected chi connectivity index (χ3v) is 3.31. The first-order valence-electron chi connectivity index (χ1n) is 5.23. The fourth-order valence-electron chi connectivity index (χ4n) is 1.36. The van der Waals surface area contributed by atoms with Crippen molar-refractivity contribution in [3.8, 4) is 0 Å². The maximum atomic E-state index is 12.0. The van der Waals surface area contributed by atoms with Gasteiger partial charge in [-0.3, -0.25) is 4.79 Å². The third-order valence-electron chi connectivity index (χ3n) is 2.23. The van der Waals surface area contributed by atoms with Crippen molar-refractivity contribution in [2.45, 2.75) is 5.16 Å². The molecular formula is C12H9Cl2N3OS. The van der Waals surface area contributed by atoms with E-state index in [0.29, 0.717) is 15.9 Å². The van der Waals surface area contributed by atoms with E-state index in [4.69, 9.17) is 23.2 Å². The van der Waals surface area contributed by atoms with Crippen LogP contribution >= 0.6 is 35.0 Å². The summed E-state index contributed by atoms with van der Waals surface area (Å²) in [4.78, 5) is 20.0. The first-order chi connectivity index (χ1) is 9.10. The van der Waals surface area contributed by atoms with Crippen molar-refractivity contribution in [3.63, 3.8) is 0 Å². The van der Waals surface area contributed by atoms with E-state index < -0.39 is 0 Å². The van der Waals surface area contributed by atoms with Crippen LogP contribution in [-0.4, -0.2) is 22.1 Å². The lowest BCUT2D eigenvalue weighted by atomic mass is 10.3. The monoisotopic (exact) mass is 313 g/mol. The molecular weight excluding hydrogens is 305 g/mol. The van der Waals surface area contributed by atoms with E-state index in [0.717, 1.165) is 0 Å². The Labute approximate surface area is 124 Å². The fourth-order valence-corrected chi connectivity index (χ4v) is 2.16. The van der Waals surface area contributed by atoms with Crippen LogP contribution in [0.4, 0.5) is 5.69 Å². The minimum Gasteiger partial charge on any atom is -0.322 e. The van der Waals surface area contributed by atoms with E-state index in [1.165, 1.54) is 18.0 Å². The Balaban J connectivity index is 2.20. The molecule has 1 amide bonds. The van der Waals surface area contributed by atoms with Gasteiger partial charge in [-0.15, -0.1) is 0 Å².